The summed E-state index contributed by atoms with van der Waals surface area (Å²) in [4.78, 5) is 28.1. The first kappa shape index (κ1) is 33.7. The summed E-state index contributed by atoms with van der Waals surface area (Å²) in [7, 11) is 0. The van der Waals surface area contributed by atoms with Crippen LogP contribution in [0.25, 0.3) is 10.9 Å². The summed E-state index contributed by atoms with van der Waals surface area (Å²) < 4.78 is 22.8. The van der Waals surface area contributed by atoms with E-state index in [-0.39, 0.29) is 24.3 Å². The Morgan fingerprint density at radius 3 is 1.91 bits per heavy atom. The molecule has 2 saturated heterocycles. The van der Waals surface area contributed by atoms with Crippen LogP contribution in [0.4, 0.5) is 15.3 Å². The van der Waals surface area contributed by atoms with Crippen LogP contribution in [0, 0.1) is 6.92 Å². The van der Waals surface area contributed by atoms with Crippen LogP contribution < -0.4 is 15.2 Å². The lowest BCUT2D eigenvalue weighted by atomic mass is 10.2. The Morgan fingerprint density at radius 2 is 1.36 bits per heavy atom. The lowest BCUT2D eigenvalue weighted by Crippen LogP contribution is -2.42. The number of likely N-dealkylation sites (tertiary alicyclic amines) is 2. The number of aromatic nitrogens is 2. The number of H-pyrrole nitrogens is 1. The Balaban J connectivity index is 0.000000205. The predicted octanol–water partition coefficient (Wildman–Crippen LogP) is 6.70. The Kier molecular flexibility index (Phi) is 10.7. The van der Waals surface area contributed by atoms with Crippen molar-refractivity contribution in [2.75, 3.05) is 32.0 Å². The normalized spacial score (nSPS) is 18.4. The lowest BCUT2D eigenvalue weighted by Gasteiger charge is -2.28. The molecule has 2 fully saturated rings. The second kappa shape index (κ2) is 14.3. The van der Waals surface area contributed by atoms with Gasteiger partial charge in [0.2, 0.25) is 0 Å². The van der Waals surface area contributed by atoms with E-state index in [9.17, 15) is 9.59 Å². The monoisotopic (exact) mass is 623 g/mol. The van der Waals surface area contributed by atoms with Gasteiger partial charge in [0.15, 0.2) is 0 Å². The summed E-state index contributed by atoms with van der Waals surface area (Å²) in [6.45, 7) is 15.6. The van der Waals surface area contributed by atoms with Crippen molar-refractivity contribution in [1.29, 1.82) is 0 Å². The number of benzene rings is 2. The zero-order valence-electron chi connectivity index (χ0n) is 27.7. The average Bonchev–Trinajstić information content (AvgIpc) is 3.72. The van der Waals surface area contributed by atoms with Crippen molar-refractivity contribution in [3.05, 3.63) is 48.2 Å². The molecule has 2 aromatic carbocycles. The quantitative estimate of drug-likeness (QED) is 0.290. The van der Waals surface area contributed by atoms with E-state index in [1.807, 2.05) is 84.9 Å². The summed E-state index contributed by atoms with van der Waals surface area (Å²) in [6.07, 6.45) is 5.05. The van der Waals surface area contributed by atoms with Gasteiger partial charge in [0.05, 0.1) is 29.2 Å². The third-order valence-electron chi connectivity index (χ3n) is 7.64. The zero-order valence-corrected chi connectivity index (χ0v) is 27.7. The molecular formula is C34H49N5O6. The van der Waals surface area contributed by atoms with E-state index >= 15 is 0 Å². The molecule has 0 radical (unpaired) electrons. The summed E-state index contributed by atoms with van der Waals surface area (Å²) in [5.74, 6) is 1.56. The van der Waals surface area contributed by atoms with Gasteiger partial charge in [-0.25, -0.2) is 9.59 Å². The SMILES string of the molecule is CC(C)(C)OC(=O)N1CCC[C@H]1COc1cccc2[nH]ncc12.Cc1c(N)cccc1OC[C@@H]1CCCN1C(=O)OC(C)(C)C. The smallest absolute Gasteiger partial charge is 0.410 e. The molecule has 0 aliphatic carbocycles. The minimum absolute atomic E-state index is 0.0482. The number of hydrogen-bond acceptors (Lipinski definition) is 8. The Labute approximate surface area is 266 Å². The summed E-state index contributed by atoms with van der Waals surface area (Å²) in [6, 6.07) is 11.5. The zero-order chi connectivity index (χ0) is 32.8. The molecule has 1 aromatic heterocycles. The van der Waals surface area contributed by atoms with Crippen molar-refractivity contribution < 1.29 is 28.5 Å². The number of rotatable bonds is 6. The third-order valence-corrected chi connectivity index (χ3v) is 7.64. The van der Waals surface area contributed by atoms with Crippen LogP contribution in [0.5, 0.6) is 11.5 Å². The Morgan fingerprint density at radius 1 is 0.844 bits per heavy atom. The number of carbonyl (C=O) groups excluding carboxylic acids is 2. The number of carbonyl (C=O) groups is 2. The molecule has 0 unspecified atom stereocenters. The number of nitrogens with one attached hydrogen (secondary N) is 1. The second-order valence-electron chi connectivity index (χ2n) is 13.6. The molecule has 3 heterocycles. The topological polar surface area (TPSA) is 132 Å². The molecule has 45 heavy (non-hydrogen) atoms. The number of nitrogens with zero attached hydrogens (tertiary/aromatic N) is 3. The van der Waals surface area contributed by atoms with E-state index in [1.165, 1.54) is 0 Å². The van der Waals surface area contributed by atoms with Crippen molar-refractivity contribution >= 4 is 28.8 Å². The first-order valence-corrected chi connectivity index (χ1v) is 15.7. The van der Waals surface area contributed by atoms with Crippen LogP contribution in [0.1, 0.15) is 72.8 Å². The highest BCUT2D eigenvalue weighted by Gasteiger charge is 2.34. The minimum Gasteiger partial charge on any atom is -0.491 e. The van der Waals surface area contributed by atoms with Gasteiger partial charge in [0, 0.05) is 24.3 Å². The van der Waals surface area contributed by atoms with Crippen LogP contribution in [-0.4, -0.2) is 81.8 Å². The van der Waals surface area contributed by atoms with Crippen LogP contribution in [0.3, 0.4) is 0 Å². The molecule has 246 valence electrons. The van der Waals surface area contributed by atoms with E-state index in [1.54, 1.807) is 16.0 Å². The minimum atomic E-state index is -0.479. The first-order chi connectivity index (χ1) is 21.2. The maximum atomic E-state index is 12.3. The van der Waals surface area contributed by atoms with Crippen LogP contribution in [0.2, 0.25) is 0 Å². The Bertz CT molecular complexity index is 1440. The maximum absolute atomic E-state index is 12.3. The molecule has 5 rings (SSSR count). The number of nitrogens with two attached hydrogens (primary N) is 1. The first-order valence-electron chi connectivity index (χ1n) is 15.7. The third kappa shape index (κ3) is 9.42. The standard InChI is InChI=1S/C17H23N3O3.C17H26N2O3/c1-17(2,3)23-16(21)20-9-5-6-12(20)11-22-15-8-4-7-14-13(15)10-18-19-14;1-12-14(18)8-5-9-15(12)21-11-13-7-6-10-19(13)16(20)22-17(2,3)4/h4,7-8,10,12H,5-6,9,11H2,1-3H3,(H,18,19);5,8-9,13H,6-7,10-11,18H2,1-4H3/t12-;13-/m00/s1. The van der Waals surface area contributed by atoms with Crippen molar-refractivity contribution in [2.24, 2.45) is 0 Å². The van der Waals surface area contributed by atoms with Crippen molar-refractivity contribution in [3.8, 4) is 11.5 Å². The van der Waals surface area contributed by atoms with Gasteiger partial charge < -0.3 is 34.5 Å². The second-order valence-corrected chi connectivity index (χ2v) is 13.6. The van der Waals surface area contributed by atoms with Gasteiger partial charge in [-0.1, -0.05) is 12.1 Å². The van der Waals surface area contributed by atoms with Gasteiger partial charge in [0.1, 0.15) is 35.9 Å². The number of nitrogen functional groups attached to an aromatic ring is 1. The molecule has 2 amide bonds. The van der Waals surface area contributed by atoms with Gasteiger partial charge in [-0.05, 0) is 98.4 Å². The van der Waals surface area contributed by atoms with Gasteiger partial charge in [-0.3, -0.25) is 5.10 Å². The van der Waals surface area contributed by atoms with Crippen LogP contribution in [0.15, 0.2) is 42.6 Å². The van der Waals surface area contributed by atoms with Crippen LogP contribution >= 0.6 is 0 Å². The highest BCUT2D eigenvalue weighted by atomic mass is 16.6. The molecule has 2 atom stereocenters. The molecule has 11 heteroatoms. The van der Waals surface area contributed by atoms with Gasteiger partial charge in [-0.15, -0.1) is 0 Å². The summed E-state index contributed by atoms with van der Waals surface area (Å²) in [5, 5.41) is 7.91. The van der Waals surface area contributed by atoms with Gasteiger partial charge in [-0.2, -0.15) is 5.10 Å². The number of aromatic amines is 1. The molecular weight excluding hydrogens is 574 g/mol. The van der Waals surface area contributed by atoms with Crippen LogP contribution in [-0.2, 0) is 9.47 Å². The molecule has 3 N–H and O–H groups in total. The van der Waals surface area contributed by atoms with E-state index < -0.39 is 11.2 Å². The summed E-state index contributed by atoms with van der Waals surface area (Å²) >= 11 is 0. The fraction of sp³-hybridized carbons (Fsp3) is 0.559. The molecule has 11 nitrogen and oxygen atoms in total. The number of anilines is 1. The lowest BCUT2D eigenvalue weighted by molar-refractivity contribution is 0.0178. The number of amides is 2. The number of fused-ring (bicyclic) bond motifs is 1. The van der Waals surface area contributed by atoms with Crippen molar-refractivity contribution in [1.82, 2.24) is 20.0 Å². The van der Waals surface area contributed by atoms with Crippen molar-refractivity contribution in [2.45, 2.75) is 97.4 Å². The molecule has 0 bridgehead atoms. The average molecular weight is 624 g/mol. The number of ether oxygens (including phenoxy) is 4. The van der Waals surface area contributed by atoms with E-state index in [0.29, 0.717) is 18.9 Å². The van der Waals surface area contributed by atoms with Gasteiger partial charge >= 0.3 is 12.2 Å². The molecule has 0 spiro atoms. The van der Waals surface area contributed by atoms with Crippen molar-refractivity contribution in [3.63, 3.8) is 0 Å². The molecule has 0 saturated carbocycles. The number of hydrogen-bond donors (Lipinski definition) is 2. The molecule has 2 aliphatic heterocycles. The van der Waals surface area contributed by atoms with E-state index in [4.69, 9.17) is 24.7 Å². The van der Waals surface area contributed by atoms with E-state index in [0.717, 1.165) is 66.7 Å². The Hall–Kier alpha value is -4.15. The highest BCUT2D eigenvalue weighted by molar-refractivity contribution is 5.84. The van der Waals surface area contributed by atoms with Gasteiger partial charge in [0.25, 0.3) is 0 Å². The maximum Gasteiger partial charge on any atom is 0.410 e. The molecule has 2 aliphatic rings. The van der Waals surface area contributed by atoms with E-state index in [2.05, 4.69) is 10.2 Å². The predicted molar refractivity (Wildman–Crippen MR) is 175 cm³/mol. The largest absolute Gasteiger partial charge is 0.491 e. The fourth-order valence-corrected chi connectivity index (χ4v) is 5.37. The molecule has 3 aromatic rings. The summed E-state index contributed by atoms with van der Waals surface area (Å²) in [5.41, 5.74) is 7.52. The highest BCUT2D eigenvalue weighted by Crippen LogP contribution is 2.27. The fourth-order valence-electron chi connectivity index (χ4n) is 5.37.